The van der Waals surface area contributed by atoms with Gasteiger partial charge in [-0.15, -0.1) is 11.3 Å². The zero-order chi connectivity index (χ0) is 47.5. The summed E-state index contributed by atoms with van der Waals surface area (Å²) in [5.41, 5.74) is 20.0. The first-order valence-corrected chi connectivity index (χ1v) is 25.7. The maximum absolute atomic E-state index is 6.83. The van der Waals surface area contributed by atoms with Crippen LogP contribution in [-0.4, -0.2) is 6.71 Å². The molecule has 0 N–H and O–H groups in total. The van der Waals surface area contributed by atoms with E-state index >= 15 is 0 Å². The number of thiophene rings is 1. The second-order valence-corrected chi connectivity index (χ2v) is 20.5. The van der Waals surface area contributed by atoms with Crippen molar-refractivity contribution in [2.45, 2.75) is 0 Å². The van der Waals surface area contributed by atoms with E-state index in [2.05, 4.69) is 234 Å². The normalized spacial score (nSPS) is 13.1. The highest BCUT2D eigenvalue weighted by molar-refractivity contribution is 7.26. The number of furan rings is 3. The summed E-state index contributed by atoms with van der Waals surface area (Å²) in [6.45, 7) is -0.151. The molecule has 0 fully saturated rings. The van der Waals surface area contributed by atoms with Gasteiger partial charge in [0.1, 0.15) is 33.5 Å². The Kier molecular flexibility index (Phi) is 7.91. The SMILES string of the molecule is c1ccc(-c2c(N3c4cc5oc6ccccc6c5cc4B4c5cc6c(cc5N(c5ccc7oc8ccccc8c7c5-c5ccccc5)c5cccc3c54)sc3ccccc36)ccc3oc4ccccc4c23)cc1. The summed E-state index contributed by atoms with van der Waals surface area (Å²) in [4.78, 5) is 5.09. The Hall–Kier alpha value is -9.30. The molecule has 0 unspecified atom stereocenters. The highest BCUT2D eigenvalue weighted by Gasteiger charge is 2.45. The summed E-state index contributed by atoms with van der Waals surface area (Å²) in [6.07, 6.45) is 0. The van der Waals surface area contributed by atoms with Crippen LogP contribution in [0.3, 0.4) is 0 Å². The van der Waals surface area contributed by atoms with Gasteiger partial charge in [0, 0.05) is 87.0 Å². The molecule has 4 aromatic heterocycles. The first-order chi connectivity index (χ1) is 36.2. The second kappa shape index (κ2) is 14.6. The summed E-state index contributed by atoms with van der Waals surface area (Å²) < 4.78 is 22.7. The predicted octanol–water partition coefficient (Wildman–Crippen LogP) is 17.2. The number of hydrogen-bond donors (Lipinski definition) is 0. The molecule has 0 amide bonds. The maximum Gasteiger partial charge on any atom is 0.252 e. The van der Waals surface area contributed by atoms with Gasteiger partial charge in [0.2, 0.25) is 0 Å². The van der Waals surface area contributed by atoms with Crippen molar-refractivity contribution in [2.75, 3.05) is 9.80 Å². The van der Waals surface area contributed by atoms with Crippen molar-refractivity contribution in [3.05, 3.63) is 224 Å². The van der Waals surface area contributed by atoms with E-state index in [0.717, 1.165) is 122 Å². The van der Waals surface area contributed by atoms with Crippen LogP contribution in [0, 0.1) is 0 Å². The molecule has 7 heteroatoms. The van der Waals surface area contributed by atoms with Crippen LogP contribution in [-0.2, 0) is 0 Å². The summed E-state index contributed by atoms with van der Waals surface area (Å²) in [6, 6.07) is 81.4. The van der Waals surface area contributed by atoms with Crippen LogP contribution in [0.25, 0.3) is 108 Å². The predicted molar refractivity (Wildman–Crippen MR) is 306 cm³/mol. The molecular weight excluding hydrogens is 912 g/mol. The molecule has 2 aliphatic heterocycles. The van der Waals surface area contributed by atoms with E-state index in [9.17, 15) is 0 Å². The van der Waals surface area contributed by atoms with Crippen LogP contribution in [0.4, 0.5) is 34.1 Å². The molecule has 0 saturated carbocycles. The zero-order valence-electron chi connectivity index (χ0n) is 39.0. The number of rotatable bonds is 4. The minimum absolute atomic E-state index is 0.151. The fourth-order valence-corrected chi connectivity index (χ4v) is 13.8. The smallest absolute Gasteiger partial charge is 0.252 e. The van der Waals surface area contributed by atoms with Gasteiger partial charge in [-0.05, 0) is 99.6 Å². The van der Waals surface area contributed by atoms with Gasteiger partial charge in [0.05, 0.1) is 11.4 Å². The first-order valence-electron chi connectivity index (χ1n) is 24.8. The first kappa shape index (κ1) is 39.4. The molecule has 73 heavy (non-hydrogen) atoms. The Balaban J connectivity index is 1.04. The van der Waals surface area contributed by atoms with Crippen LogP contribution >= 0.6 is 11.3 Å². The fourth-order valence-electron chi connectivity index (χ4n) is 12.7. The lowest BCUT2D eigenvalue weighted by atomic mass is 9.33. The molecule has 0 atom stereocenters. The van der Waals surface area contributed by atoms with Crippen molar-refractivity contribution < 1.29 is 13.3 Å². The molecule has 0 radical (unpaired) electrons. The van der Waals surface area contributed by atoms with E-state index in [1.807, 2.05) is 11.3 Å². The molecule has 17 rings (SSSR count). The maximum atomic E-state index is 6.83. The third-order valence-electron chi connectivity index (χ3n) is 15.6. The summed E-state index contributed by atoms with van der Waals surface area (Å²) in [5, 5.41) is 9.11. The molecule has 11 aromatic carbocycles. The number of anilines is 6. The van der Waals surface area contributed by atoms with Crippen molar-refractivity contribution >= 4 is 155 Å². The molecule has 5 nitrogen and oxygen atoms in total. The van der Waals surface area contributed by atoms with Crippen molar-refractivity contribution in [3.8, 4) is 22.3 Å². The molecule has 2 aliphatic rings. The minimum atomic E-state index is -0.151. The Bertz CT molecular complexity index is 4530. The van der Waals surface area contributed by atoms with Crippen molar-refractivity contribution in [2.24, 2.45) is 0 Å². The number of fused-ring (bicyclic) bond motifs is 16. The van der Waals surface area contributed by atoms with E-state index in [1.54, 1.807) is 0 Å². The largest absolute Gasteiger partial charge is 0.456 e. The van der Waals surface area contributed by atoms with Gasteiger partial charge in [-0.25, -0.2) is 0 Å². The van der Waals surface area contributed by atoms with Gasteiger partial charge in [0.25, 0.3) is 6.71 Å². The van der Waals surface area contributed by atoms with E-state index in [-0.39, 0.29) is 6.71 Å². The number of para-hydroxylation sites is 3. The van der Waals surface area contributed by atoms with Gasteiger partial charge < -0.3 is 23.1 Å². The molecule has 0 spiro atoms. The second-order valence-electron chi connectivity index (χ2n) is 19.4. The molecule has 15 aromatic rings. The van der Waals surface area contributed by atoms with Gasteiger partial charge >= 0.3 is 0 Å². The molecule has 0 bridgehead atoms. The van der Waals surface area contributed by atoms with E-state index < -0.39 is 0 Å². The van der Waals surface area contributed by atoms with Crippen molar-refractivity contribution in [1.82, 2.24) is 0 Å². The Labute approximate surface area is 422 Å². The molecule has 0 saturated heterocycles. The number of benzene rings is 11. The fraction of sp³-hybridized carbons (Fsp3) is 0. The molecule has 6 heterocycles. The quantitative estimate of drug-likeness (QED) is 0.165. The Morgan fingerprint density at radius 1 is 0.301 bits per heavy atom. The lowest BCUT2D eigenvalue weighted by Gasteiger charge is -2.44. The van der Waals surface area contributed by atoms with Crippen molar-refractivity contribution in [3.63, 3.8) is 0 Å². The van der Waals surface area contributed by atoms with Crippen LogP contribution < -0.4 is 26.2 Å². The van der Waals surface area contributed by atoms with Gasteiger partial charge in [0.15, 0.2) is 0 Å². The highest BCUT2D eigenvalue weighted by atomic mass is 32.1. The van der Waals surface area contributed by atoms with E-state index in [4.69, 9.17) is 13.3 Å². The molecule has 338 valence electrons. The minimum Gasteiger partial charge on any atom is -0.456 e. The van der Waals surface area contributed by atoms with Gasteiger partial charge in [-0.1, -0.05) is 152 Å². The van der Waals surface area contributed by atoms with E-state index in [0.29, 0.717) is 0 Å². The van der Waals surface area contributed by atoms with Gasteiger partial charge in [-0.3, -0.25) is 0 Å². The number of hydrogen-bond acceptors (Lipinski definition) is 6. The van der Waals surface area contributed by atoms with E-state index in [1.165, 1.54) is 36.6 Å². The summed E-state index contributed by atoms with van der Waals surface area (Å²) >= 11 is 1.86. The zero-order valence-corrected chi connectivity index (χ0v) is 39.8. The summed E-state index contributed by atoms with van der Waals surface area (Å²) in [5.74, 6) is 0. The van der Waals surface area contributed by atoms with Crippen LogP contribution in [0.1, 0.15) is 0 Å². The average molecular weight is 949 g/mol. The number of nitrogens with zero attached hydrogens (tertiary/aromatic N) is 2. The summed E-state index contributed by atoms with van der Waals surface area (Å²) in [7, 11) is 0. The standard InChI is InChI=1S/C66H37BN2O3S/c1-3-16-38(17-4-1)62-48(30-32-57-64(62)42-22-8-12-27-55(42)70-57)68-50-24-15-25-51-66(50)67(46-34-44-40-20-7-11-26-54(40)72-59(44)36-52(46)68)47-35-45-41-21-10-14-29-60(41)73-61(45)37-53(47)69(51)49-31-33-58-65(43-23-9-13-28-56(43)71-58)63(49)39-18-5-2-6-19-39/h1-37H. The molecule has 0 aliphatic carbocycles. The lowest BCUT2D eigenvalue weighted by molar-refractivity contribution is 0.668. The Morgan fingerprint density at radius 2 is 0.781 bits per heavy atom. The van der Waals surface area contributed by atoms with Crippen LogP contribution in [0.15, 0.2) is 238 Å². The van der Waals surface area contributed by atoms with Crippen molar-refractivity contribution in [1.29, 1.82) is 0 Å². The lowest BCUT2D eigenvalue weighted by Crippen LogP contribution is -2.61. The monoisotopic (exact) mass is 948 g/mol. The highest BCUT2D eigenvalue weighted by Crippen LogP contribution is 2.53. The van der Waals surface area contributed by atoms with Crippen LogP contribution in [0.2, 0.25) is 0 Å². The average Bonchev–Trinajstić information content (AvgIpc) is 4.22. The third kappa shape index (κ3) is 5.41. The third-order valence-corrected chi connectivity index (χ3v) is 16.8. The van der Waals surface area contributed by atoms with Gasteiger partial charge in [-0.2, -0.15) is 0 Å². The topological polar surface area (TPSA) is 45.9 Å². The Morgan fingerprint density at radius 3 is 1.38 bits per heavy atom. The molecular formula is C66H37BN2O3S. The van der Waals surface area contributed by atoms with Crippen LogP contribution in [0.5, 0.6) is 0 Å².